The molecule has 4 aromatic rings. The minimum absolute atomic E-state index is 0.0569. The number of morpholine rings is 1. The lowest BCUT2D eigenvalue weighted by molar-refractivity contribution is 0.102. The van der Waals surface area contributed by atoms with Crippen LogP contribution in [0.2, 0.25) is 0 Å². The maximum atomic E-state index is 14.3. The second-order valence-electron chi connectivity index (χ2n) is 10.6. The molecule has 0 spiro atoms. The van der Waals surface area contributed by atoms with Crippen LogP contribution in [0.5, 0.6) is 0 Å². The van der Waals surface area contributed by atoms with Gasteiger partial charge in [-0.25, -0.2) is 29.3 Å². The Morgan fingerprint density at radius 1 is 1.05 bits per heavy atom. The van der Waals surface area contributed by atoms with Crippen molar-refractivity contribution in [1.82, 2.24) is 24.9 Å². The number of nitrogens with two attached hydrogens (primary N) is 2. The average Bonchev–Trinajstić information content (AvgIpc) is 2.98. The first-order valence-corrected chi connectivity index (χ1v) is 13.5. The molecule has 1 amide bonds. The highest BCUT2D eigenvalue weighted by Gasteiger charge is 2.28. The summed E-state index contributed by atoms with van der Waals surface area (Å²) in [6, 6.07) is 8.01. The molecule has 13 heteroatoms. The van der Waals surface area contributed by atoms with E-state index < -0.39 is 11.7 Å². The third-order valence-corrected chi connectivity index (χ3v) is 7.46. The van der Waals surface area contributed by atoms with Gasteiger partial charge in [0.05, 0.1) is 30.6 Å². The van der Waals surface area contributed by atoms with Crippen LogP contribution in [0.15, 0.2) is 42.7 Å². The van der Waals surface area contributed by atoms with Crippen molar-refractivity contribution in [1.29, 1.82) is 0 Å². The smallest absolute Gasteiger partial charge is 0.279 e. The van der Waals surface area contributed by atoms with Crippen LogP contribution in [0.1, 0.15) is 30.3 Å². The Labute approximate surface area is 236 Å². The molecule has 0 radical (unpaired) electrons. The fraction of sp³-hybridized carbons (Fsp3) is 0.357. The molecule has 0 atom stereocenters. The molecule has 0 bridgehead atoms. The Hall–Kier alpha value is -4.49. The van der Waals surface area contributed by atoms with E-state index in [1.165, 1.54) is 18.3 Å². The minimum atomic E-state index is -0.574. The van der Waals surface area contributed by atoms with Gasteiger partial charge >= 0.3 is 0 Å². The van der Waals surface area contributed by atoms with Gasteiger partial charge in [0.2, 0.25) is 5.95 Å². The van der Waals surface area contributed by atoms with Crippen LogP contribution in [-0.4, -0.2) is 75.8 Å². The summed E-state index contributed by atoms with van der Waals surface area (Å²) >= 11 is 0. The molecular formula is C28H31FN10O2. The van der Waals surface area contributed by atoms with Crippen LogP contribution in [-0.2, 0) is 4.74 Å². The van der Waals surface area contributed by atoms with Crippen molar-refractivity contribution in [3.63, 3.8) is 0 Å². The fourth-order valence-corrected chi connectivity index (χ4v) is 5.04. The quantitative estimate of drug-likeness (QED) is 0.330. The van der Waals surface area contributed by atoms with E-state index in [0.29, 0.717) is 54.7 Å². The number of carbonyl (C=O) groups is 1. The maximum Gasteiger partial charge on any atom is 0.279 e. The first-order chi connectivity index (χ1) is 19.8. The number of nitrogens with one attached hydrogen (secondary N) is 1. The van der Waals surface area contributed by atoms with Crippen molar-refractivity contribution in [3.05, 3.63) is 54.2 Å². The summed E-state index contributed by atoms with van der Waals surface area (Å²) in [6.07, 6.45) is 4.66. The van der Waals surface area contributed by atoms with Gasteiger partial charge in [-0.15, -0.1) is 0 Å². The molecule has 2 saturated heterocycles. The number of nitrogens with zero attached hydrogens (tertiary/aromatic N) is 7. The Balaban J connectivity index is 1.34. The number of piperidine rings is 1. The summed E-state index contributed by atoms with van der Waals surface area (Å²) in [5.74, 6) is -0.235. The van der Waals surface area contributed by atoms with E-state index in [1.54, 1.807) is 12.3 Å². The molecule has 2 fully saturated rings. The average molecular weight is 559 g/mol. The number of fused-ring (bicyclic) bond motifs is 1. The van der Waals surface area contributed by atoms with E-state index in [9.17, 15) is 9.18 Å². The highest BCUT2D eigenvalue weighted by Crippen LogP contribution is 2.31. The van der Waals surface area contributed by atoms with Crippen LogP contribution < -0.4 is 26.6 Å². The molecular weight excluding hydrogens is 527 g/mol. The number of anilines is 4. The van der Waals surface area contributed by atoms with E-state index in [-0.39, 0.29) is 22.7 Å². The van der Waals surface area contributed by atoms with Gasteiger partial charge in [0.15, 0.2) is 17.3 Å². The number of hydrogen-bond donors (Lipinski definition) is 3. The molecule has 2 aliphatic rings. The molecule has 5 heterocycles. The van der Waals surface area contributed by atoms with Crippen molar-refractivity contribution in [2.24, 2.45) is 5.73 Å². The summed E-state index contributed by atoms with van der Waals surface area (Å²) in [5, 5.41) is 3.29. The van der Waals surface area contributed by atoms with E-state index in [2.05, 4.69) is 30.2 Å². The van der Waals surface area contributed by atoms with E-state index in [1.807, 2.05) is 24.0 Å². The molecule has 12 nitrogen and oxygen atoms in total. The normalized spacial score (nSPS) is 17.0. The van der Waals surface area contributed by atoms with Crippen LogP contribution in [0.25, 0.3) is 22.3 Å². The molecule has 3 aromatic heterocycles. The van der Waals surface area contributed by atoms with Gasteiger partial charge in [-0.3, -0.25) is 4.79 Å². The van der Waals surface area contributed by atoms with Gasteiger partial charge in [0.25, 0.3) is 5.91 Å². The topological polar surface area (TPSA) is 161 Å². The number of halogens is 1. The lowest BCUT2D eigenvalue weighted by atomic mass is 9.91. The van der Waals surface area contributed by atoms with Crippen LogP contribution >= 0.6 is 0 Å². The number of benzene rings is 1. The Morgan fingerprint density at radius 2 is 1.83 bits per heavy atom. The summed E-state index contributed by atoms with van der Waals surface area (Å²) < 4.78 is 19.8. The van der Waals surface area contributed by atoms with Crippen LogP contribution in [0.3, 0.4) is 0 Å². The van der Waals surface area contributed by atoms with Gasteiger partial charge in [-0.05, 0) is 50.1 Å². The van der Waals surface area contributed by atoms with Crippen LogP contribution in [0, 0.1) is 5.82 Å². The van der Waals surface area contributed by atoms with Gasteiger partial charge < -0.3 is 31.3 Å². The Kier molecular flexibility index (Phi) is 7.05. The number of hydrogen-bond acceptors (Lipinski definition) is 11. The third kappa shape index (κ3) is 5.58. The molecule has 6 rings (SSSR count). The second-order valence-corrected chi connectivity index (χ2v) is 10.6. The first-order valence-electron chi connectivity index (χ1n) is 13.5. The highest BCUT2D eigenvalue weighted by molar-refractivity contribution is 6.07. The zero-order chi connectivity index (χ0) is 28.6. The molecule has 5 N–H and O–H groups in total. The Morgan fingerprint density at radius 3 is 2.61 bits per heavy atom. The number of carbonyl (C=O) groups excluding carboxylic acids is 1. The van der Waals surface area contributed by atoms with E-state index in [0.717, 1.165) is 31.6 Å². The van der Waals surface area contributed by atoms with Crippen LogP contribution in [0.4, 0.5) is 27.7 Å². The van der Waals surface area contributed by atoms with Crippen molar-refractivity contribution in [2.45, 2.75) is 25.3 Å². The van der Waals surface area contributed by atoms with Crippen molar-refractivity contribution >= 4 is 40.1 Å². The second kappa shape index (κ2) is 10.8. The number of rotatable bonds is 5. The number of amides is 1. The maximum absolute atomic E-state index is 14.3. The number of pyridine rings is 1. The fourth-order valence-electron chi connectivity index (χ4n) is 5.04. The molecule has 41 heavy (non-hydrogen) atoms. The molecule has 212 valence electrons. The zero-order valence-corrected chi connectivity index (χ0v) is 22.7. The molecule has 2 aliphatic heterocycles. The van der Waals surface area contributed by atoms with Gasteiger partial charge in [0.1, 0.15) is 17.2 Å². The molecule has 0 unspecified atom stereocenters. The molecule has 0 saturated carbocycles. The lowest BCUT2D eigenvalue weighted by Crippen LogP contribution is -2.48. The predicted octanol–water partition coefficient (Wildman–Crippen LogP) is 2.61. The summed E-state index contributed by atoms with van der Waals surface area (Å²) in [5.41, 5.74) is 14.0. The van der Waals surface area contributed by atoms with Crippen molar-refractivity contribution in [3.8, 4) is 11.4 Å². The lowest BCUT2D eigenvalue weighted by Gasteiger charge is -2.38. The highest BCUT2D eigenvalue weighted by atomic mass is 19.1. The predicted molar refractivity (Wildman–Crippen MR) is 154 cm³/mol. The molecule has 1 aromatic carbocycles. The van der Waals surface area contributed by atoms with Gasteiger partial charge in [-0.2, -0.15) is 0 Å². The number of aromatic nitrogens is 5. The SMILES string of the molecule is CC1(N)CCN(c2cccnc2NC(=O)c2nc(-c3nc(N4CCOCC4)nc4ccc(F)cc34)cnc2N)CC1. The van der Waals surface area contributed by atoms with Crippen molar-refractivity contribution < 1.29 is 13.9 Å². The van der Waals surface area contributed by atoms with Crippen molar-refractivity contribution in [2.75, 3.05) is 60.2 Å². The Bertz CT molecular complexity index is 1600. The largest absolute Gasteiger partial charge is 0.382 e. The number of ether oxygens (including phenoxy) is 1. The minimum Gasteiger partial charge on any atom is -0.382 e. The third-order valence-electron chi connectivity index (χ3n) is 7.46. The van der Waals surface area contributed by atoms with Gasteiger partial charge in [0, 0.05) is 43.3 Å². The zero-order valence-electron chi connectivity index (χ0n) is 22.7. The number of nitrogen functional groups attached to an aromatic ring is 1. The van der Waals surface area contributed by atoms with E-state index >= 15 is 0 Å². The first kappa shape index (κ1) is 26.7. The molecule has 0 aliphatic carbocycles. The summed E-state index contributed by atoms with van der Waals surface area (Å²) in [6.45, 7) is 5.84. The summed E-state index contributed by atoms with van der Waals surface area (Å²) in [7, 11) is 0. The van der Waals surface area contributed by atoms with Gasteiger partial charge in [-0.1, -0.05) is 0 Å². The van der Waals surface area contributed by atoms with E-state index in [4.69, 9.17) is 21.2 Å². The monoisotopic (exact) mass is 558 g/mol. The standard InChI is InChI=1S/C28H31FN10O2/c1-28(31)6-9-38(10-7-28)21-3-2-8-32-25(21)37-26(40)23-24(30)33-16-20(34-23)22-18-15-17(29)4-5-19(18)35-27(36-22)39-11-13-41-14-12-39/h2-5,8,15-16H,6-7,9-14,31H2,1H3,(H2,30,33)(H,32,37,40). The summed E-state index contributed by atoms with van der Waals surface area (Å²) in [4.78, 5) is 40.2.